The van der Waals surface area contributed by atoms with Crippen molar-refractivity contribution in [2.24, 2.45) is 0 Å². The second kappa shape index (κ2) is 5.58. The molecule has 20 heavy (non-hydrogen) atoms. The van der Waals surface area contributed by atoms with Crippen LogP contribution in [0, 0.1) is 6.92 Å². The van der Waals surface area contributed by atoms with Gasteiger partial charge in [0.1, 0.15) is 12.1 Å². The Bertz CT molecular complexity index is 687. The summed E-state index contributed by atoms with van der Waals surface area (Å²) in [7, 11) is 0. The van der Waals surface area contributed by atoms with Gasteiger partial charge in [0.15, 0.2) is 0 Å². The smallest absolute Gasteiger partial charge is 0.336 e. The van der Waals surface area contributed by atoms with Crippen LogP contribution in [-0.2, 0) is 6.54 Å². The van der Waals surface area contributed by atoms with Crippen molar-refractivity contribution < 1.29 is 9.32 Å². The van der Waals surface area contributed by atoms with Crippen molar-refractivity contribution in [2.45, 2.75) is 32.7 Å². The van der Waals surface area contributed by atoms with Crippen LogP contribution in [-0.4, -0.2) is 13.1 Å². The topological polar surface area (TPSA) is 34.6 Å². The monoisotopic (exact) mass is 292 g/mol. The molecule has 0 bridgehead atoms. The highest BCUT2D eigenvalue weighted by molar-refractivity contribution is 6.32. The van der Waals surface area contributed by atoms with Crippen LogP contribution in [0.5, 0.6) is 0 Å². The van der Waals surface area contributed by atoms with Crippen LogP contribution in [0.15, 0.2) is 27.4 Å². The summed E-state index contributed by atoms with van der Waals surface area (Å²) in [6, 6.07) is 5.40. The van der Waals surface area contributed by atoms with Crippen molar-refractivity contribution in [1.82, 2.24) is 0 Å². The maximum Gasteiger partial charge on any atom is 0.336 e. The van der Waals surface area contributed by atoms with E-state index in [4.69, 9.17) is 16.0 Å². The summed E-state index contributed by atoms with van der Waals surface area (Å²) in [6.07, 6.45) is 3.87. The van der Waals surface area contributed by atoms with E-state index < -0.39 is 0 Å². The van der Waals surface area contributed by atoms with Crippen LogP contribution in [0.4, 0.5) is 0 Å². The highest BCUT2D eigenvalue weighted by Crippen LogP contribution is 2.24. The van der Waals surface area contributed by atoms with Gasteiger partial charge in [-0.15, -0.1) is 0 Å². The van der Waals surface area contributed by atoms with Crippen molar-refractivity contribution in [1.29, 1.82) is 0 Å². The Balaban J connectivity index is 2.04. The van der Waals surface area contributed by atoms with E-state index >= 15 is 0 Å². The molecule has 0 unspecified atom stereocenters. The molecule has 2 aromatic rings. The minimum atomic E-state index is -0.273. The van der Waals surface area contributed by atoms with Crippen molar-refractivity contribution >= 4 is 22.6 Å². The number of benzene rings is 1. The summed E-state index contributed by atoms with van der Waals surface area (Å²) in [5.74, 6) is 0. The highest BCUT2D eigenvalue weighted by Gasteiger charge is 2.17. The van der Waals surface area contributed by atoms with Gasteiger partial charge in [0.25, 0.3) is 0 Å². The normalized spacial score (nSPS) is 16.7. The fourth-order valence-electron chi connectivity index (χ4n) is 2.99. The van der Waals surface area contributed by atoms with Gasteiger partial charge in [-0.2, -0.15) is 0 Å². The van der Waals surface area contributed by atoms with Gasteiger partial charge in [-0.05, 0) is 43.9 Å². The predicted octanol–water partition coefficient (Wildman–Crippen LogP) is 2.32. The molecule has 1 fully saturated rings. The summed E-state index contributed by atoms with van der Waals surface area (Å²) < 4.78 is 5.30. The molecule has 0 amide bonds. The van der Waals surface area contributed by atoms with E-state index in [-0.39, 0.29) is 5.63 Å². The lowest BCUT2D eigenvalue weighted by atomic mass is 10.1. The van der Waals surface area contributed by atoms with Crippen LogP contribution in [0.2, 0.25) is 5.02 Å². The van der Waals surface area contributed by atoms with Gasteiger partial charge in [0.05, 0.1) is 13.1 Å². The zero-order chi connectivity index (χ0) is 14.1. The fraction of sp³-hybridized carbons (Fsp3) is 0.438. The molecule has 0 aliphatic carbocycles. The van der Waals surface area contributed by atoms with Gasteiger partial charge >= 0.3 is 5.63 Å². The largest absolute Gasteiger partial charge is 0.423 e. The van der Waals surface area contributed by atoms with Crippen LogP contribution in [0.1, 0.15) is 30.4 Å². The molecule has 1 aliphatic rings. The maximum atomic E-state index is 11.7. The second-order valence-electron chi connectivity index (χ2n) is 5.68. The lowest BCUT2D eigenvalue weighted by Crippen LogP contribution is -3.11. The van der Waals surface area contributed by atoms with E-state index in [0.717, 1.165) is 28.1 Å². The molecule has 3 rings (SSSR count). The van der Waals surface area contributed by atoms with Crippen molar-refractivity contribution in [2.75, 3.05) is 13.1 Å². The van der Waals surface area contributed by atoms with Gasteiger partial charge in [-0.1, -0.05) is 11.6 Å². The van der Waals surface area contributed by atoms with Crippen LogP contribution in [0.3, 0.4) is 0 Å². The lowest BCUT2D eigenvalue weighted by Gasteiger charge is -2.23. The number of rotatable bonds is 2. The first-order valence-corrected chi connectivity index (χ1v) is 7.58. The number of hydrogen-bond acceptors (Lipinski definition) is 2. The fourth-order valence-corrected chi connectivity index (χ4v) is 3.16. The van der Waals surface area contributed by atoms with Crippen molar-refractivity contribution in [3.63, 3.8) is 0 Å². The Kier molecular flexibility index (Phi) is 3.81. The van der Waals surface area contributed by atoms with Crippen LogP contribution < -0.4 is 10.5 Å². The number of fused-ring (bicyclic) bond motifs is 1. The van der Waals surface area contributed by atoms with E-state index in [1.165, 1.54) is 32.4 Å². The Morgan fingerprint density at radius 3 is 2.70 bits per heavy atom. The van der Waals surface area contributed by atoms with Crippen LogP contribution in [0.25, 0.3) is 11.0 Å². The number of hydrogen-bond donors (Lipinski definition) is 1. The first-order valence-electron chi connectivity index (χ1n) is 7.20. The molecule has 1 aromatic heterocycles. The van der Waals surface area contributed by atoms with E-state index in [2.05, 4.69) is 0 Å². The molecule has 1 aliphatic heterocycles. The molecule has 106 valence electrons. The van der Waals surface area contributed by atoms with E-state index in [1.807, 2.05) is 19.1 Å². The van der Waals surface area contributed by atoms with Crippen molar-refractivity contribution in [3.05, 3.63) is 44.8 Å². The molecular formula is C16H19ClNO2+. The standard InChI is InChI=1S/C16H18ClNO2/c1-11-7-15-13(9-14(11)17)12(8-16(19)20-15)10-18-5-3-2-4-6-18/h7-9H,2-6,10H2,1H3/p+1. The molecule has 3 nitrogen and oxygen atoms in total. The summed E-state index contributed by atoms with van der Waals surface area (Å²) in [5.41, 5.74) is 2.36. The molecule has 0 radical (unpaired) electrons. The molecule has 4 heteroatoms. The van der Waals surface area contributed by atoms with Gasteiger partial charge in [0.2, 0.25) is 0 Å². The molecule has 1 N–H and O–H groups in total. The van der Waals surface area contributed by atoms with Gasteiger partial charge in [-0.3, -0.25) is 0 Å². The number of aryl methyl sites for hydroxylation is 1. The summed E-state index contributed by atoms with van der Waals surface area (Å²) >= 11 is 6.22. The summed E-state index contributed by atoms with van der Waals surface area (Å²) in [4.78, 5) is 13.3. The average Bonchev–Trinajstić information content (AvgIpc) is 2.42. The third-order valence-corrected chi connectivity index (χ3v) is 4.52. The summed E-state index contributed by atoms with van der Waals surface area (Å²) in [6.45, 7) is 5.16. The number of nitrogens with one attached hydrogen (secondary N) is 1. The summed E-state index contributed by atoms with van der Waals surface area (Å²) in [5, 5.41) is 1.69. The minimum Gasteiger partial charge on any atom is -0.423 e. The van der Waals surface area contributed by atoms with Crippen LogP contribution >= 0.6 is 11.6 Å². The zero-order valence-electron chi connectivity index (χ0n) is 11.7. The quantitative estimate of drug-likeness (QED) is 0.862. The number of piperidine rings is 1. The molecular weight excluding hydrogens is 274 g/mol. The number of likely N-dealkylation sites (tertiary alicyclic amines) is 1. The van der Waals surface area contributed by atoms with E-state index in [9.17, 15) is 4.79 Å². The third-order valence-electron chi connectivity index (χ3n) is 4.11. The number of halogens is 1. The van der Waals surface area contributed by atoms with Gasteiger partial charge < -0.3 is 9.32 Å². The Morgan fingerprint density at radius 2 is 1.95 bits per heavy atom. The molecule has 2 heterocycles. The first kappa shape index (κ1) is 13.7. The minimum absolute atomic E-state index is 0.273. The molecule has 0 atom stereocenters. The second-order valence-corrected chi connectivity index (χ2v) is 6.08. The molecule has 1 aromatic carbocycles. The average molecular weight is 293 g/mol. The highest BCUT2D eigenvalue weighted by atomic mass is 35.5. The van der Waals surface area contributed by atoms with E-state index in [0.29, 0.717) is 5.58 Å². The van der Waals surface area contributed by atoms with Gasteiger partial charge in [-0.25, -0.2) is 4.79 Å². The Hall–Kier alpha value is -1.32. The predicted molar refractivity (Wildman–Crippen MR) is 80.5 cm³/mol. The van der Waals surface area contributed by atoms with Crippen molar-refractivity contribution in [3.8, 4) is 0 Å². The number of quaternary nitrogens is 1. The van der Waals surface area contributed by atoms with E-state index in [1.54, 1.807) is 11.0 Å². The first-order chi connectivity index (χ1) is 9.63. The van der Waals surface area contributed by atoms with Gasteiger partial charge in [0, 0.05) is 22.0 Å². The molecule has 1 saturated heterocycles. The zero-order valence-corrected chi connectivity index (χ0v) is 12.4. The Labute approximate surface area is 123 Å². The Morgan fingerprint density at radius 1 is 1.20 bits per heavy atom. The molecule has 0 spiro atoms. The third kappa shape index (κ3) is 2.74. The lowest BCUT2D eigenvalue weighted by molar-refractivity contribution is -0.918. The SMILES string of the molecule is Cc1cc2oc(=O)cc(C[NH+]3CCCCC3)c2cc1Cl. The molecule has 0 saturated carbocycles. The maximum absolute atomic E-state index is 11.7.